The lowest BCUT2D eigenvalue weighted by molar-refractivity contribution is 0.0740. The van der Waals surface area contributed by atoms with Gasteiger partial charge in [-0.2, -0.15) is 4.39 Å². The molecule has 0 unspecified atom stereocenters. The summed E-state index contributed by atoms with van der Waals surface area (Å²) in [4.78, 5) is 4.75. The smallest absolute Gasteiger partial charge is 0.186 e. The molecule has 0 aliphatic carbocycles. The molecule has 4 aromatic rings. The van der Waals surface area contributed by atoms with E-state index < -0.39 is 16.8 Å². The quantitative estimate of drug-likeness (QED) is 0.294. The van der Waals surface area contributed by atoms with Crippen molar-refractivity contribution in [2.75, 3.05) is 0 Å². The molecule has 0 bridgehead atoms. The van der Waals surface area contributed by atoms with Crippen LogP contribution < -0.4 is 0 Å². The lowest BCUT2D eigenvalue weighted by Crippen LogP contribution is -2.25. The van der Waals surface area contributed by atoms with Crippen LogP contribution in [0.1, 0.15) is 62.8 Å². The number of benzene rings is 3. The van der Waals surface area contributed by atoms with Crippen LogP contribution in [0.5, 0.6) is 0 Å². The molecule has 0 fully saturated rings. The first-order chi connectivity index (χ1) is 17.0. The lowest BCUT2D eigenvalue weighted by Gasteiger charge is -2.26. The van der Waals surface area contributed by atoms with E-state index in [1.807, 2.05) is 48.7 Å². The van der Waals surface area contributed by atoms with Gasteiger partial charge in [-0.05, 0) is 51.5 Å². The van der Waals surface area contributed by atoms with Crippen LogP contribution in [0, 0.1) is 18.1 Å². The number of rotatable bonds is 7. The topological polar surface area (TPSA) is 58.3 Å². The Balaban J connectivity index is 1.82. The van der Waals surface area contributed by atoms with Gasteiger partial charge in [0.2, 0.25) is 0 Å². The second-order valence-corrected chi connectivity index (χ2v) is 10.0. The number of aromatic nitrogens is 2. The summed E-state index contributed by atoms with van der Waals surface area (Å²) in [6.45, 7) is 8.57. The van der Waals surface area contributed by atoms with Crippen molar-refractivity contribution in [3.8, 4) is 16.8 Å². The molecule has 0 saturated heterocycles. The predicted molar refractivity (Wildman–Crippen MR) is 138 cm³/mol. The molecule has 0 amide bonds. The molecule has 0 atom stereocenters. The third-order valence-corrected chi connectivity index (χ3v) is 6.62. The molecule has 4 rings (SSSR count). The molecule has 6 heteroatoms. The summed E-state index contributed by atoms with van der Waals surface area (Å²) in [6, 6.07) is 17.4. The van der Waals surface area contributed by atoms with Crippen LogP contribution in [-0.4, -0.2) is 19.8 Å². The Labute approximate surface area is 210 Å². The van der Waals surface area contributed by atoms with Crippen molar-refractivity contribution in [3.05, 3.63) is 113 Å². The van der Waals surface area contributed by atoms with Crippen LogP contribution in [0.3, 0.4) is 0 Å². The molecule has 0 saturated carbocycles. The molecule has 0 aliphatic heterocycles. The molecule has 1 aromatic heterocycles. The SMILES string of the molecule is C[CH+]c1cc(-c2ccc(-n3cc(C(C)(C)O)nc3C(C)(C)c3ccccc3F)cc2)cc(F)c1CO. The van der Waals surface area contributed by atoms with Gasteiger partial charge in [0.15, 0.2) is 5.82 Å². The normalized spacial score (nSPS) is 12.1. The van der Waals surface area contributed by atoms with E-state index in [0.717, 1.165) is 11.3 Å². The third kappa shape index (κ3) is 4.66. The molecule has 186 valence electrons. The number of hydrogen-bond acceptors (Lipinski definition) is 3. The van der Waals surface area contributed by atoms with Crippen molar-refractivity contribution in [2.45, 2.75) is 52.2 Å². The molecule has 0 radical (unpaired) electrons. The van der Waals surface area contributed by atoms with Crippen molar-refractivity contribution in [3.63, 3.8) is 0 Å². The maximum Gasteiger partial charge on any atom is 0.186 e. The Hall–Kier alpha value is -3.48. The van der Waals surface area contributed by atoms with Crippen LogP contribution in [0.25, 0.3) is 16.8 Å². The molecule has 4 nitrogen and oxygen atoms in total. The van der Waals surface area contributed by atoms with Crippen molar-refractivity contribution < 1.29 is 19.0 Å². The summed E-state index contributed by atoms with van der Waals surface area (Å²) in [6.07, 6.45) is 3.54. The first-order valence-corrected chi connectivity index (χ1v) is 11.9. The Morgan fingerprint density at radius 1 is 0.917 bits per heavy atom. The van der Waals surface area contributed by atoms with Gasteiger partial charge >= 0.3 is 0 Å². The zero-order valence-corrected chi connectivity index (χ0v) is 21.2. The van der Waals surface area contributed by atoms with Gasteiger partial charge in [-0.1, -0.05) is 30.3 Å². The fourth-order valence-corrected chi connectivity index (χ4v) is 4.46. The zero-order chi connectivity index (χ0) is 26.3. The molecular formula is C30H31F2N2O2+. The number of imidazole rings is 1. The highest BCUT2D eigenvalue weighted by atomic mass is 19.1. The minimum absolute atomic E-state index is 0.274. The second kappa shape index (κ2) is 9.52. The summed E-state index contributed by atoms with van der Waals surface area (Å²) in [5.41, 5.74) is 2.17. The van der Waals surface area contributed by atoms with E-state index in [2.05, 4.69) is 0 Å². The highest BCUT2D eigenvalue weighted by molar-refractivity contribution is 5.67. The van der Waals surface area contributed by atoms with Crippen molar-refractivity contribution >= 4 is 0 Å². The van der Waals surface area contributed by atoms with Crippen molar-refractivity contribution in [1.82, 2.24) is 9.55 Å². The summed E-state index contributed by atoms with van der Waals surface area (Å²) >= 11 is 0. The van der Waals surface area contributed by atoms with Gasteiger partial charge in [0.1, 0.15) is 35.0 Å². The standard InChI is InChI=1S/C30H31F2N2O2/c1-6-19-15-21(16-26(32)23(19)18-35)20-11-13-22(14-12-20)34-17-27(30(4,5)36)33-28(34)29(2,3)24-9-7-8-10-25(24)31/h6-17,35-36H,18H2,1-5H3/q+1. The number of nitrogens with zero attached hydrogens (tertiary/aromatic N) is 2. The minimum atomic E-state index is -1.19. The molecule has 0 spiro atoms. The van der Waals surface area contributed by atoms with Gasteiger partial charge in [-0.15, -0.1) is 0 Å². The van der Waals surface area contributed by atoms with Crippen LogP contribution in [0.15, 0.2) is 66.9 Å². The van der Waals surface area contributed by atoms with E-state index >= 15 is 0 Å². The lowest BCUT2D eigenvalue weighted by atomic mass is 9.83. The van der Waals surface area contributed by atoms with Crippen molar-refractivity contribution in [1.29, 1.82) is 0 Å². The van der Waals surface area contributed by atoms with Gasteiger partial charge < -0.3 is 14.8 Å². The van der Waals surface area contributed by atoms with E-state index in [1.54, 1.807) is 51.6 Å². The van der Waals surface area contributed by atoms with Crippen LogP contribution in [0.2, 0.25) is 0 Å². The number of aliphatic hydroxyl groups excluding tert-OH is 1. The number of hydrogen-bond donors (Lipinski definition) is 2. The largest absolute Gasteiger partial charge is 0.384 e. The summed E-state index contributed by atoms with van der Waals surface area (Å²) in [5.74, 6) is -0.196. The minimum Gasteiger partial charge on any atom is -0.384 e. The Morgan fingerprint density at radius 2 is 1.58 bits per heavy atom. The van der Waals surface area contributed by atoms with Crippen LogP contribution >= 0.6 is 0 Å². The van der Waals surface area contributed by atoms with E-state index in [4.69, 9.17) is 4.98 Å². The maximum atomic E-state index is 14.8. The summed E-state index contributed by atoms with van der Waals surface area (Å²) in [5, 5.41) is 20.2. The van der Waals surface area contributed by atoms with Gasteiger partial charge in [0, 0.05) is 42.4 Å². The summed E-state index contributed by atoms with van der Waals surface area (Å²) < 4.78 is 31.2. The molecule has 2 N–H and O–H groups in total. The molecule has 0 aliphatic rings. The molecule has 1 heterocycles. The van der Waals surface area contributed by atoms with E-state index in [-0.39, 0.29) is 18.0 Å². The van der Waals surface area contributed by atoms with Gasteiger partial charge in [-0.3, -0.25) is 0 Å². The third-order valence-electron chi connectivity index (χ3n) is 6.62. The average Bonchev–Trinajstić information content (AvgIpc) is 3.31. The van der Waals surface area contributed by atoms with E-state index in [0.29, 0.717) is 28.2 Å². The zero-order valence-electron chi connectivity index (χ0n) is 21.2. The number of halogens is 2. The average molecular weight is 490 g/mol. The molecule has 36 heavy (non-hydrogen) atoms. The first-order valence-electron chi connectivity index (χ1n) is 11.9. The van der Waals surface area contributed by atoms with Crippen molar-refractivity contribution in [2.24, 2.45) is 0 Å². The monoisotopic (exact) mass is 489 g/mol. The van der Waals surface area contributed by atoms with Gasteiger partial charge in [-0.25, -0.2) is 9.37 Å². The molecular weight excluding hydrogens is 458 g/mol. The van der Waals surface area contributed by atoms with Gasteiger partial charge in [0.25, 0.3) is 0 Å². The van der Waals surface area contributed by atoms with E-state index in [9.17, 15) is 19.0 Å². The summed E-state index contributed by atoms with van der Waals surface area (Å²) in [7, 11) is 0. The second-order valence-electron chi connectivity index (χ2n) is 10.0. The van der Waals surface area contributed by atoms with Crippen LogP contribution in [-0.2, 0) is 17.6 Å². The van der Waals surface area contributed by atoms with Crippen LogP contribution in [0.4, 0.5) is 8.78 Å². The van der Waals surface area contributed by atoms with Gasteiger partial charge in [0.05, 0.1) is 17.2 Å². The number of aliphatic hydroxyl groups is 2. The predicted octanol–water partition coefficient (Wildman–Crippen LogP) is 6.44. The van der Waals surface area contributed by atoms with E-state index in [1.165, 1.54) is 12.1 Å². The fourth-order valence-electron chi connectivity index (χ4n) is 4.46. The highest BCUT2D eigenvalue weighted by Crippen LogP contribution is 2.36. The fraction of sp³-hybridized carbons (Fsp3) is 0.267. The Morgan fingerprint density at radius 3 is 2.17 bits per heavy atom. The maximum absolute atomic E-state index is 14.8. The Kier molecular flexibility index (Phi) is 6.78. The first kappa shape index (κ1) is 25.6. The Bertz CT molecular complexity index is 1380. The molecule has 3 aromatic carbocycles. The highest BCUT2D eigenvalue weighted by Gasteiger charge is 2.34.